The lowest BCUT2D eigenvalue weighted by Crippen LogP contribution is -2.16. The molecule has 1 unspecified atom stereocenters. The lowest BCUT2D eigenvalue weighted by atomic mass is 10.1. The fourth-order valence-electron chi connectivity index (χ4n) is 1.59. The third kappa shape index (κ3) is 6.80. The van der Waals surface area contributed by atoms with Crippen LogP contribution in [-0.2, 0) is 0 Å². The smallest absolute Gasteiger partial charge is 0.0622 e. The third-order valence-electron chi connectivity index (χ3n) is 2.74. The fourth-order valence-corrected chi connectivity index (χ4v) is 1.59. The monoisotopic (exact) mass is 255 g/mol. The Balaban J connectivity index is 0. The Morgan fingerprint density at radius 3 is 2.11 bits per heavy atom. The number of hydrogen-bond donors (Lipinski definition) is 1. The van der Waals surface area contributed by atoms with E-state index in [1.807, 2.05) is 34.7 Å². The van der Waals surface area contributed by atoms with Gasteiger partial charge in [0.25, 0.3) is 0 Å². The largest absolute Gasteiger partial charge is 0.320 e. The fraction of sp³-hybridized carbons (Fsp3) is 0.800. The first kappa shape index (κ1) is 19.5. The lowest BCUT2D eigenvalue weighted by molar-refractivity contribution is 0.406. The van der Waals surface area contributed by atoms with Crippen molar-refractivity contribution in [2.45, 2.75) is 67.3 Å². The minimum atomic E-state index is 0.537. The molecule has 1 atom stereocenters. The van der Waals surface area contributed by atoms with Gasteiger partial charge in [0.15, 0.2) is 0 Å². The predicted octanol–water partition coefficient (Wildman–Crippen LogP) is 4.11. The maximum Gasteiger partial charge on any atom is 0.0622 e. The summed E-state index contributed by atoms with van der Waals surface area (Å²) in [5.74, 6) is 0. The van der Waals surface area contributed by atoms with E-state index in [-0.39, 0.29) is 0 Å². The summed E-state index contributed by atoms with van der Waals surface area (Å²) < 4.78 is 2.11. The Kier molecular flexibility index (Phi) is 13.7. The van der Waals surface area contributed by atoms with Gasteiger partial charge in [-0.15, -0.1) is 0 Å². The van der Waals surface area contributed by atoms with Crippen LogP contribution in [0.2, 0.25) is 0 Å². The second-order valence-corrected chi connectivity index (χ2v) is 3.83. The van der Waals surface area contributed by atoms with Crippen LogP contribution in [-0.4, -0.2) is 23.4 Å². The Labute approximate surface area is 114 Å². The minimum absolute atomic E-state index is 0.537. The highest BCUT2D eigenvalue weighted by molar-refractivity contribution is 5.12. The van der Waals surface area contributed by atoms with E-state index < -0.39 is 0 Å². The summed E-state index contributed by atoms with van der Waals surface area (Å²) in [6, 6.07) is 0.537. The lowest BCUT2D eigenvalue weighted by Gasteiger charge is -2.14. The van der Waals surface area contributed by atoms with E-state index in [4.69, 9.17) is 0 Å². The van der Waals surface area contributed by atoms with Crippen molar-refractivity contribution in [1.82, 2.24) is 15.1 Å². The Bertz CT molecular complexity index is 260. The molecule has 0 aromatic carbocycles. The topological polar surface area (TPSA) is 29.9 Å². The quantitative estimate of drug-likeness (QED) is 0.858. The van der Waals surface area contributed by atoms with E-state index >= 15 is 0 Å². The van der Waals surface area contributed by atoms with Crippen LogP contribution in [0.1, 0.15) is 64.8 Å². The first-order chi connectivity index (χ1) is 8.69. The van der Waals surface area contributed by atoms with Gasteiger partial charge in [0, 0.05) is 6.20 Å². The van der Waals surface area contributed by atoms with E-state index in [1.165, 1.54) is 5.56 Å². The molecule has 108 valence electrons. The molecule has 0 aliphatic rings. The molecule has 1 aromatic rings. The van der Waals surface area contributed by atoms with Crippen molar-refractivity contribution in [2.75, 3.05) is 13.6 Å². The van der Waals surface area contributed by atoms with Crippen molar-refractivity contribution in [2.24, 2.45) is 0 Å². The van der Waals surface area contributed by atoms with Gasteiger partial charge in [-0.1, -0.05) is 34.6 Å². The van der Waals surface area contributed by atoms with E-state index in [9.17, 15) is 0 Å². The first-order valence-corrected chi connectivity index (χ1v) is 7.36. The predicted molar refractivity (Wildman–Crippen MR) is 82.3 cm³/mol. The number of nitrogens with zero attached hydrogens (tertiary/aromatic N) is 2. The first-order valence-electron chi connectivity index (χ1n) is 7.36. The summed E-state index contributed by atoms with van der Waals surface area (Å²) in [5, 5.41) is 7.71. The highest BCUT2D eigenvalue weighted by Gasteiger charge is 2.10. The summed E-state index contributed by atoms with van der Waals surface area (Å²) >= 11 is 0. The molecule has 0 radical (unpaired) electrons. The van der Waals surface area contributed by atoms with Gasteiger partial charge in [0.1, 0.15) is 0 Å². The van der Waals surface area contributed by atoms with Crippen LogP contribution in [0.5, 0.6) is 0 Å². The van der Waals surface area contributed by atoms with Gasteiger partial charge in [-0.3, -0.25) is 4.68 Å². The molecule has 3 heteroatoms. The van der Waals surface area contributed by atoms with Crippen molar-refractivity contribution in [3.63, 3.8) is 0 Å². The second kappa shape index (κ2) is 12.6. The molecule has 3 nitrogen and oxygen atoms in total. The van der Waals surface area contributed by atoms with Crippen LogP contribution >= 0.6 is 0 Å². The van der Waals surface area contributed by atoms with E-state index in [2.05, 4.69) is 42.1 Å². The summed E-state index contributed by atoms with van der Waals surface area (Å²) in [6.07, 6.45) is 4.44. The summed E-state index contributed by atoms with van der Waals surface area (Å²) in [5.41, 5.74) is 2.43. The van der Waals surface area contributed by atoms with Gasteiger partial charge in [-0.05, 0) is 45.8 Å². The molecule has 0 amide bonds. The molecule has 0 aliphatic heterocycles. The van der Waals surface area contributed by atoms with Crippen molar-refractivity contribution in [3.05, 3.63) is 17.5 Å². The van der Waals surface area contributed by atoms with Crippen LogP contribution in [0, 0.1) is 13.8 Å². The average molecular weight is 255 g/mol. The van der Waals surface area contributed by atoms with Crippen molar-refractivity contribution < 1.29 is 0 Å². The molecule has 1 rings (SSSR count). The van der Waals surface area contributed by atoms with E-state index in [0.29, 0.717) is 6.04 Å². The van der Waals surface area contributed by atoms with Gasteiger partial charge in [-0.25, -0.2) is 0 Å². The van der Waals surface area contributed by atoms with Crippen LogP contribution < -0.4 is 5.32 Å². The van der Waals surface area contributed by atoms with Gasteiger partial charge in [0.2, 0.25) is 0 Å². The van der Waals surface area contributed by atoms with Crippen LogP contribution in [0.25, 0.3) is 0 Å². The number of rotatable bonds is 5. The van der Waals surface area contributed by atoms with Gasteiger partial charge >= 0.3 is 0 Å². The molecule has 18 heavy (non-hydrogen) atoms. The number of hydrogen-bond acceptors (Lipinski definition) is 2. The zero-order valence-electron chi connectivity index (χ0n) is 13.7. The maximum atomic E-state index is 4.52. The van der Waals surface area contributed by atoms with Crippen LogP contribution in [0.4, 0.5) is 0 Å². The highest BCUT2D eigenvalue weighted by Crippen LogP contribution is 2.16. The SMILES string of the molecule is CC.CC.CCC(CCNC)n1cc(C)c(C)n1. The average Bonchev–Trinajstić information content (AvgIpc) is 2.75. The zero-order valence-corrected chi connectivity index (χ0v) is 13.7. The Hall–Kier alpha value is -0.830. The van der Waals surface area contributed by atoms with Crippen LogP contribution in [0.15, 0.2) is 6.20 Å². The summed E-state index contributed by atoms with van der Waals surface area (Å²) in [7, 11) is 1.99. The molecular weight excluding hydrogens is 222 g/mol. The van der Waals surface area contributed by atoms with Crippen LogP contribution in [0.3, 0.4) is 0 Å². The highest BCUT2D eigenvalue weighted by atomic mass is 15.3. The molecule has 0 fully saturated rings. The van der Waals surface area contributed by atoms with Crippen molar-refractivity contribution >= 4 is 0 Å². The van der Waals surface area contributed by atoms with Gasteiger partial charge < -0.3 is 5.32 Å². The van der Waals surface area contributed by atoms with Gasteiger partial charge in [-0.2, -0.15) is 5.10 Å². The molecule has 1 aromatic heterocycles. The molecule has 0 aliphatic carbocycles. The Morgan fingerprint density at radius 1 is 1.22 bits per heavy atom. The maximum absolute atomic E-state index is 4.52. The molecular formula is C15H33N3. The number of aromatic nitrogens is 2. The van der Waals surface area contributed by atoms with Gasteiger partial charge in [0.05, 0.1) is 11.7 Å². The second-order valence-electron chi connectivity index (χ2n) is 3.83. The molecule has 0 saturated carbocycles. The standard InChI is InChI=1S/C11H21N3.2C2H6/c1-5-11(6-7-12-4)14-8-9(2)10(3)13-14;2*1-2/h8,11-12H,5-7H2,1-4H3;2*1-2H3. The molecule has 0 spiro atoms. The molecule has 0 saturated heterocycles. The van der Waals surface area contributed by atoms with Crippen molar-refractivity contribution in [1.29, 1.82) is 0 Å². The minimum Gasteiger partial charge on any atom is -0.320 e. The number of aryl methyl sites for hydroxylation is 2. The van der Waals surface area contributed by atoms with E-state index in [1.54, 1.807) is 0 Å². The summed E-state index contributed by atoms with van der Waals surface area (Å²) in [4.78, 5) is 0. The number of nitrogens with one attached hydrogen (secondary N) is 1. The van der Waals surface area contributed by atoms with Crippen molar-refractivity contribution in [3.8, 4) is 0 Å². The molecule has 1 heterocycles. The Morgan fingerprint density at radius 2 is 1.78 bits per heavy atom. The zero-order chi connectivity index (χ0) is 14.6. The normalized spacial score (nSPS) is 10.9. The summed E-state index contributed by atoms with van der Waals surface area (Å²) in [6.45, 7) is 15.4. The third-order valence-corrected chi connectivity index (χ3v) is 2.74. The molecule has 0 bridgehead atoms. The van der Waals surface area contributed by atoms with E-state index in [0.717, 1.165) is 25.1 Å². The molecule has 1 N–H and O–H groups in total.